The maximum absolute atomic E-state index is 12.1. The Morgan fingerprint density at radius 1 is 1.12 bits per heavy atom. The van der Waals surface area contributed by atoms with Crippen molar-refractivity contribution in [3.05, 3.63) is 53.6 Å². The van der Waals surface area contributed by atoms with E-state index in [4.69, 9.17) is 4.74 Å². The first-order chi connectivity index (χ1) is 11.5. The molecule has 0 aliphatic rings. The lowest BCUT2D eigenvalue weighted by Gasteiger charge is -2.13. The molecule has 0 radical (unpaired) electrons. The zero-order valence-electron chi connectivity index (χ0n) is 14.0. The van der Waals surface area contributed by atoms with Gasteiger partial charge in [0.1, 0.15) is 5.75 Å². The molecule has 0 aliphatic carbocycles. The van der Waals surface area contributed by atoms with Gasteiger partial charge in [-0.25, -0.2) is 0 Å². The Labute approximate surface area is 141 Å². The quantitative estimate of drug-likeness (QED) is 0.761. The van der Waals surface area contributed by atoms with E-state index in [1.165, 1.54) is 0 Å². The van der Waals surface area contributed by atoms with Crippen molar-refractivity contribution in [2.24, 2.45) is 0 Å². The van der Waals surface area contributed by atoms with E-state index in [-0.39, 0.29) is 18.4 Å². The fraction of sp³-hybridized carbons (Fsp3) is 0.222. The number of benzene rings is 2. The standard InChI is InChI=1S/C18H21N3O3/c1-12-15(18(23)19-2)8-5-9-16(12)20-11-17(22)21-13-6-4-7-14(10-13)24-3/h4-10,20H,11H2,1-3H3,(H,19,23)(H,21,22). The van der Waals surface area contributed by atoms with Crippen LogP contribution in [-0.4, -0.2) is 32.5 Å². The molecule has 3 N–H and O–H groups in total. The van der Waals surface area contributed by atoms with Crippen LogP contribution in [0.5, 0.6) is 5.75 Å². The minimum absolute atomic E-state index is 0.0925. The van der Waals surface area contributed by atoms with Gasteiger partial charge in [-0.1, -0.05) is 12.1 Å². The molecule has 0 aliphatic heterocycles. The summed E-state index contributed by atoms with van der Waals surface area (Å²) in [5.74, 6) is 0.333. The number of carbonyl (C=O) groups excluding carboxylic acids is 2. The normalized spacial score (nSPS) is 9.96. The minimum Gasteiger partial charge on any atom is -0.497 e. The average molecular weight is 327 g/mol. The highest BCUT2D eigenvalue weighted by Gasteiger charge is 2.11. The highest BCUT2D eigenvalue weighted by Crippen LogP contribution is 2.19. The monoisotopic (exact) mass is 327 g/mol. The molecule has 0 heterocycles. The molecule has 126 valence electrons. The summed E-state index contributed by atoms with van der Waals surface area (Å²) < 4.78 is 5.12. The average Bonchev–Trinajstić information content (AvgIpc) is 2.60. The van der Waals surface area contributed by atoms with Gasteiger partial charge in [0.15, 0.2) is 0 Å². The Hall–Kier alpha value is -3.02. The highest BCUT2D eigenvalue weighted by molar-refractivity contribution is 5.97. The molecule has 0 fully saturated rings. The first kappa shape index (κ1) is 17.3. The molecule has 6 heteroatoms. The predicted molar refractivity (Wildman–Crippen MR) is 94.7 cm³/mol. The van der Waals surface area contributed by atoms with Crippen LogP contribution >= 0.6 is 0 Å². The van der Waals surface area contributed by atoms with Gasteiger partial charge in [0.25, 0.3) is 5.91 Å². The Kier molecular flexibility index (Phi) is 5.78. The van der Waals surface area contributed by atoms with Crippen molar-refractivity contribution >= 4 is 23.2 Å². The van der Waals surface area contributed by atoms with Crippen LogP contribution in [0.1, 0.15) is 15.9 Å². The van der Waals surface area contributed by atoms with Crippen molar-refractivity contribution in [1.82, 2.24) is 5.32 Å². The summed E-state index contributed by atoms with van der Waals surface area (Å²) >= 11 is 0. The lowest BCUT2D eigenvalue weighted by Crippen LogP contribution is -2.23. The number of amides is 2. The van der Waals surface area contributed by atoms with Crippen molar-refractivity contribution in [3.8, 4) is 5.75 Å². The predicted octanol–water partition coefficient (Wildman–Crippen LogP) is 2.41. The van der Waals surface area contributed by atoms with Crippen LogP contribution in [0.25, 0.3) is 0 Å². The van der Waals surface area contributed by atoms with Crippen molar-refractivity contribution in [2.45, 2.75) is 6.92 Å². The molecule has 0 spiro atoms. The summed E-state index contributed by atoms with van der Waals surface area (Å²) in [7, 11) is 3.16. The second kappa shape index (κ2) is 8.01. The van der Waals surface area contributed by atoms with Crippen LogP contribution < -0.4 is 20.7 Å². The lowest BCUT2D eigenvalue weighted by atomic mass is 10.1. The van der Waals surface area contributed by atoms with Gasteiger partial charge in [-0.2, -0.15) is 0 Å². The van der Waals surface area contributed by atoms with Gasteiger partial charge in [-0.05, 0) is 36.8 Å². The zero-order chi connectivity index (χ0) is 17.5. The second-order valence-electron chi connectivity index (χ2n) is 5.19. The van der Waals surface area contributed by atoms with Crippen LogP contribution in [0.15, 0.2) is 42.5 Å². The van der Waals surface area contributed by atoms with E-state index in [9.17, 15) is 9.59 Å². The third kappa shape index (κ3) is 4.25. The summed E-state index contributed by atoms with van der Waals surface area (Å²) in [5, 5.41) is 8.45. The molecule has 0 unspecified atom stereocenters. The van der Waals surface area contributed by atoms with E-state index in [2.05, 4.69) is 16.0 Å². The SMILES string of the molecule is CNC(=O)c1cccc(NCC(=O)Nc2cccc(OC)c2)c1C. The van der Waals surface area contributed by atoms with E-state index in [0.717, 1.165) is 11.3 Å². The molecule has 0 aromatic heterocycles. The van der Waals surface area contributed by atoms with Crippen LogP contribution in [0.2, 0.25) is 0 Å². The molecule has 0 saturated carbocycles. The Morgan fingerprint density at radius 2 is 1.88 bits per heavy atom. The maximum Gasteiger partial charge on any atom is 0.251 e. The smallest absolute Gasteiger partial charge is 0.251 e. The van der Waals surface area contributed by atoms with Gasteiger partial charge in [-0.15, -0.1) is 0 Å². The van der Waals surface area contributed by atoms with Crippen molar-refractivity contribution in [1.29, 1.82) is 0 Å². The summed E-state index contributed by atoms with van der Waals surface area (Å²) in [4.78, 5) is 23.9. The van der Waals surface area contributed by atoms with Crippen molar-refractivity contribution in [2.75, 3.05) is 31.3 Å². The molecule has 2 aromatic carbocycles. The van der Waals surface area contributed by atoms with Gasteiger partial charge in [0.05, 0.1) is 13.7 Å². The minimum atomic E-state index is -0.187. The molecule has 2 amide bonds. The van der Waals surface area contributed by atoms with Crippen molar-refractivity contribution < 1.29 is 14.3 Å². The molecular formula is C18H21N3O3. The van der Waals surface area contributed by atoms with Crippen LogP contribution in [0.4, 0.5) is 11.4 Å². The number of rotatable bonds is 6. The number of hydrogen-bond acceptors (Lipinski definition) is 4. The Bertz CT molecular complexity index is 744. The summed E-state index contributed by atoms with van der Waals surface area (Å²) in [6.07, 6.45) is 0. The molecule has 2 rings (SSSR count). The molecule has 2 aromatic rings. The van der Waals surface area contributed by atoms with Crippen molar-refractivity contribution in [3.63, 3.8) is 0 Å². The number of hydrogen-bond donors (Lipinski definition) is 3. The fourth-order valence-corrected chi connectivity index (χ4v) is 2.29. The Morgan fingerprint density at radius 3 is 2.58 bits per heavy atom. The van der Waals surface area contributed by atoms with Gasteiger partial charge >= 0.3 is 0 Å². The van der Waals surface area contributed by atoms with E-state index in [1.54, 1.807) is 44.5 Å². The largest absolute Gasteiger partial charge is 0.497 e. The lowest BCUT2D eigenvalue weighted by molar-refractivity contribution is -0.114. The molecular weight excluding hydrogens is 306 g/mol. The van der Waals surface area contributed by atoms with Crippen LogP contribution in [-0.2, 0) is 4.79 Å². The van der Waals surface area contributed by atoms with Crippen LogP contribution in [0.3, 0.4) is 0 Å². The van der Waals surface area contributed by atoms with Gasteiger partial charge < -0.3 is 20.7 Å². The molecule has 24 heavy (non-hydrogen) atoms. The number of carbonyl (C=O) groups is 2. The topological polar surface area (TPSA) is 79.5 Å². The molecule has 6 nitrogen and oxygen atoms in total. The van der Waals surface area contributed by atoms with E-state index in [1.807, 2.05) is 19.1 Å². The van der Waals surface area contributed by atoms with Gasteiger partial charge in [0, 0.05) is 30.1 Å². The maximum atomic E-state index is 12.1. The first-order valence-electron chi connectivity index (χ1n) is 7.54. The van der Waals surface area contributed by atoms with Gasteiger partial charge in [0.2, 0.25) is 5.91 Å². The molecule has 0 saturated heterocycles. The second-order valence-corrected chi connectivity index (χ2v) is 5.19. The van der Waals surface area contributed by atoms with E-state index < -0.39 is 0 Å². The molecule has 0 atom stereocenters. The number of ether oxygens (including phenoxy) is 1. The molecule has 0 bridgehead atoms. The van der Waals surface area contributed by atoms with E-state index in [0.29, 0.717) is 17.0 Å². The van der Waals surface area contributed by atoms with Crippen LogP contribution in [0, 0.1) is 6.92 Å². The highest BCUT2D eigenvalue weighted by atomic mass is 16.5. The third-order valence-corrected chi connectivity index (χ3v) is 3.60. The summed E-state index contributed by atoms with van der Waals surface area (Å²) in [5.41, 5.74) is 2.79. The zero-order valence-corrected chi connectivity index (χ0v) is 14.0. The number of anilines is 2. The Balaban J connectivity index is 2.00. The summed E-state index contributed by atoms with van der Waals surface area (Å²) in [6, 6.07) is 12.5. The number of methoxy groups -OCH3 is 1. The number of nitrogens with one attached hydrogen (secondary N) is 3. The fourth-order valence-electron chi connectivity index (χ4n) is 2.29. The first-order valence-corrected chi connectivity index (χ1v) is 7.54. The third-order valence-electron chi connectivity index (χ3n) is 3.60. The van der Waals surface area contributed by atoms with E-state index >= 15 is 0 Å². The van der Waals surface area contributed by atoms with Gasteiger partial charge in [-0.3, -0.25) is 9.59 Å². The summed E-state index contributed by atoms with van der Waals surface area (Å²) in [6.45, 7) is 1.93.